The predicted molar refractivity (Wildman–Crippen MR) is 158 cm³/mol. The van der Waals surface area contributed by atoms with E-state index in [0.29, 0.717) is 51.7 Å². The number of fused-ring (bicyclic) bond motifs is 4. The molecule has 4 aromatic rings. The summed E-state index contributed by atoms with van der Waals surface area (Å²) in [7, 11) is 0. The lowest BCUT2D eigenvalue weighted by Crippen LogP contribution is -2.49. The van der Waals surface area contributed by atoms with E-state index < -0.39 is 5.97 Å². The molecule has 0 radical (unpaired) electrons. The molecule has 1 N–H and O–H groups in total. The molecule has 4 saturated carbocycles. The minimum Gasteiger partial charge on any atom is -0.490 e. The van der Waals surface area contributed by atoms with E-state index in [1.807, 2.05) is 31.2 Å². The van der Waals surface area contributed by atoms with Gasteiger partial charge in [-0.25, -0.2) is 9.78 Å². The van der Waals surface area contributed by atoms with Crippen molar-refractivity contribution in [3.8, 4) is 17.0 Å². The van der Waals surface area contributed by atoms with Crippen molar-refractivity contribution in [1.82, 2.24) is 15.1 Å². The van der Waals surface area contributed by atoms with Gasteiger partial charge in [0.15, 0.2) is 11.4 Å². The number of hydrogen-bond donors (Lipinski definition) is 1. The van der Waals surface area contributed by atoms with Gasteiger partial charge in [0.25, 0.3) is 0 Å². The lowest BCUT2D eigenvalue weighted by Gasteiger charge is -2.52. The maximum atomic E-state index is 12.1. The number of hydrogen-bond acceptors (Lipinski definition) is 7. The summed E-state index contributed by atoms with van der Waals surface area (Å²) in [6, 6.07) is 7.57. The van der Waals surface area contributed by atoms with Crippen molar-refractivity contribution in [3.63, 3.8) is 0 Å². The lowest BCUT2D eigenvalue weighted by molar-refractivity contribution is -0.150. The van der Waals surface area contributed by atoms with Crippen molar-refractivity contribution in [2.75, 3.05) is 6.61 Å². The monoisotopic (exact) mass is 607 g/mol. The number of rotatable bonds is 9. The van der Waals surface area contributed by atoms with Crippen molar-refractivity contribution in [2.24, 2.45) is 5.41 Å². The summed E-state index contributed by atoms with van der Waals surface area (Å²) in [6.45, 7) is 2.75. The number of benzene rings is 1. The fourth-order valence-electron chi connectivity index (χ4n) is 6.76. The Morgan fingerprint density at radius 2 is 1.76 bits per heavy atom. The van der Waals surface area contributed by atoms with Crippen LogP contribution < -0.4 is 4.74 Å². The van der Waals surface area contributed by atoms with Gasteiger partial charge < -0.3 is 19.1 Å². The molecule has 218 valence electrons. The molecule has 3 heterocycles. The largest absolute Gasteiger partial charge is 0.490 e. The zero-order chi connectivity index (χ0) is 29.1. The zero-order valence-corrected chi connectivity index (χ0v) is 24.8. The summed E-state index contributed by atoms with van der Waals surface area (Å²) in [5.74, 6) is 0.514. The van der Waals surface area contributed by atoms with E-state index in [1.54, 1.807) is 12.4 Å². The Morgan fingerprint density at radius 1 is 1.07 bits per heavy atom. The molecular formula is C32H31Cl2N3O5. The maximum Gasteiger partial charge on any atom is 0.358 e. The highest BCUT2D eigenvalue weighted by Crippen LogP contribution is 2.55. The van der Waals surface area contributed by atoms with Crippen LogP contribution in [0.1, 0.15) is 84.7 Å². The van der Waals surface area contributed by atoms with Crippen LogP contribution in [0.5, 0.6) is 5.75 Å². The molecule has 0 atom stereocenters. The molecule has 3 aromatic heterocycles. The molecule has 0 saturated heterocycles. The van der Waals surface area contributed by atoms with E-state index in [4.69, 9.17) is 37.2 Å². The molecule has 4 fully saturated rings. The molecule has 4 aliphatic rings. The molecule has 0 unspecified atom stereocenters. The first-order chi connectivity index (χ1) is 20.3. The van der Waals surface area contributed by atoms with Gasteiger partial charge in [0.1, 0.15) is 11.5 Å². The molecule has 8 rings (SSSR count). The highest BCUT2D eigenvalue weighted by atomic mass is 35.5. The normalized spacial score (nSPS) is 23.4. The molecule has 0 amide bonds. The van der Waals surface area contributed by atoms with Gasteiger partial charge in [-0.15, -0.1) is 0 Å². The van der Waals surface area contributed by atoms with Crippen LogP contribution in [-0.2, 0) is 11.3 Å². The van der Waals surface area contributed by atoms with Gasteiger partial charge >= 0.3 is 5.97 Å². The third-order valence-electron chi connectivity index (χ3n) is 9.53. The Labute approximate surface area is 253 Å². The zero-order valence-electron chi connectivity index (χ0n) is 23.3. The molecule has 1 aromatic carbocycles. The Kier molecular flexibility index (Phi) is 6.91. The first kappa shape index (κ1) is 27.6. The summed E-state index contributed by atoms with van der Waals surface area (Å²) < 4.78 is 18.9. The van der Waals surface area contributed by atoms with Gasteiger partial charge in [0.05, 0.1) is 34.4 Å². The molecule has 42 heavy (non-hydrogen) atoms. The van der Waals surface area contributed by atoms with Crippen molar-refractivity contribution < 1.29 is 23.9 Å². The van der Waals surface area contributed by atoms with E-state index in [2.05, 4.69) is 15.1 Å². The summed E-state index contributed by atoms with van der Waals surface area (Å²) in [6.07, 6.45) is 10.8. The Hall–Kier alpha value is -3.20. The van der Waals surface area contributed by atoms with Gasteiger partial charge in [-0.3, -0.25) is 4.98 Å². The number of carboxylic acid groups (broad SMARTS) is 1. The molecule has 8 nitrogen and oxygen atoms in total. The van der Waals surface area contributed by atoms with Gasteiger partial charge in [-0.1, -0.05) is 46.6 Å². The van der Waals surface area contributed by atoms with E-state index in [1.165, 1.54) is 0 Å². The number of para-hydroxylation sites is 1. The van der Waals surface area contributed by atoms with Crippen molar-refractivity contribution in [2.45, 2.75) is 76.4 Å². The third kappa shape index (κ3) is 4.83. The fourth-order valence-corrected chi connectivity index (χ4v) is 7.30. The maximum absolute atomic E-state index is 12.1. The number of halogens is 2. The molecule has 0 aliphatic heterocycles. The third-order valence-corrected chi connectivity index (χ3v) is 10.1. The van der Waals surface area contributed by atoms with Gasteiger partial charge in [-0.2, -0.15) is 0 Å². The van der Waals surface area contributed by atoms with E-state index in [0.717, 1.165) is 73.6 Å². The van der Waals surface area contributed by atoms with Gasteiger partial charge in [0.2, 0.25) is 0 Å². The number of aryl methyl sites for hydroxylation is 1. The highest BCUT2D eigenvalue weighted by molar-refractivity contribution is 6.38. The van der Waals surface area contributed by atoms with E-state index in [-0.39, 0.29) is 16.7 Å². The minimum atomic E-state index is -1.08. The molecule has 0 spiro atoms. The summed E-state index contributed by atoms with van der Waals surface area (Å²) in [5, 5.41) is 16.0. The van der Waals surface area contributed by atoms with Crippen molar-refractivity contribution >= 4 is 40.1 Å². The molecule has 10 heteroatoms. The fraction of sp³-hybridized carbons (Fsp3) is 0.438. The number of aromatic nitrogens is 3. The lowest BCUT2D eigenvalue weighted by atomic mass is 9.59. The van der Waals surface area contributed by atoms with Crippen LogP contribution in [0.2, 0.25) is 10.0 Å². The van der Waals surface area contributed by atoms with Gasteiger partial charge in [-0.05, 0) is 64.4 Å². The van der Waals surface area contributed by atoms with Crippen molar-refractivity contribution in [3.05, 3.63) is 69.3 Å². The number of nitrogens with zero attached hydrogens (tertiary/aromatic N) is 3. The van der Waals surface area contributed by atoms with Crippen LogP contribution in [-0.4, -0.2) is 38.4 Å². The van der Waals surface area contributed by atoms with Crippen LogP contribution in [0, 0.1) is 12.3 Å². The minimum absolute atomic E-state index is 0.0153. The number of ether oxygens (including phenoxy) is 2. The first-order valence-corrected chi connectivity index (χ1v) is 15.2. The Bertz CT molecular complexity index is 1650. The predicted octanol–water partition coefficient (Wildman–Crippen LogP) is 8.16. The molecule has 2 bridgehead atoms. The molecule has 4 aliphatic carbocycles. The SMILES string of the molecule is Cc1c(OCC23CCC(OCc4c(-c5c(Cl)cncc5Cl)noc4C4CC4)(CC2)CC3)c(C(=O)O)nc2ccccc12. The quantitative estimate of drug-likeness (QED) is 0.203. The van der Waals surface area contributed by atoms with Gasteiger partial charge in [0, 0.05) is 45.8 Å². The van der Waals surface area contributed by atoms with Crippen LogP contribution in [0.3, 0.4) is 0 Å². The smallest absolute Gasteiger partial charge is 0.358 e. The second-order valence-electron chi connectivity index (χ2n) is 12.1. The second-order valence-corrected chi connectivity index (χ2v) is 12.9. The first-order valence-electron chi connectivity index (χ1n) is 14.5. The number of carboxylic acids is 1. The number of carbonyl (C=O) groups is 1. The average molecular weight is 609 g/mol. The number of aromatic carboxylic acids is 1. The molecular weight excluding hydrogens is 577 g/mol. The average Bonchev–Trinajstić information content (AvgIpc) is 3.76. The van der Waals surface area contributed by atoms with E-state index in [9.17, 15) is 9.90 Å². The van der Waals surface area contributed by atoms with Crippen LogP contribution in [0.25, 0.3) is 22.2 Å². The topological polar surface area (TPSA) is 108 Å². The Morgan fingerprint density at radius 3 is 2.43 bits per heavy atom. The summed E-state index contributed by atoms with van der Waals surface area (Å²) in [5.41, 5.74) is 3.38. The summed E-state index contributed by atoms with van der Waals surface area (Å²) >= 11 is 13.0. The van der Waals surface area contributed by atoms with Crippen LogP contribution in [0.15, 0.2) is 41.2 Å². The Balaban J connectivity index is 1.07. The summed E-state index contributed by atoms with van der Waals surface area (Å²) in [4.78, 5) is 20.6. The van der Waals surface area contributed by atoms with Crippen LogP contribution >= 0.6 is 23.2 Å². The van der Waals surface area contributed by atoms with Crippen LogP contribution in [0.4, 0.5) is 0 Å². The van der Waals surface area contributed by atoms with Crippen molar-refractivity contribution in [1.29, 1.82) is 0 Å². The second kappa shape index (κ2) is 10.5. The number of pyridine rings is 2. The standard InChI is InChI=1S/C32H31Cl2N3O5/c1-18-20-4-2-3-5-24(20)36-27(30(38)39)28(18)40-17-31-8-11-32(12-9-31,13-10-31)41-16-21-26(37-42-29(21)19-6-7-19)25-22(33)14-35-15-23(25)34/h2-5,14-15,19H,6-13,16-17H2,1H3,(H,38,39). The van der Waals surface area contributed by atoms with E-state index >= 15 is 0 Å². The highest BCUT2D eigenvalue weighted by Gasteiger charge is 2.50.